The summed E-state index contributed by atoms with van der Waals surface area (Å²) >= 11 is 0. The number of Topliss-reactive ketones (excluding diaryl/α,β-unsaturated/α-hetero) is 1. The van der Waals surface area contributed by atoms with Crippen molar-refractivity contribution in [2.24, 2.45) is 0 Å². The zero-order chi connectivity index (χ0) is 21.5. The average molecular weight is 412 g/mol. The van der Waals surface area contributed by atoms with Gasteiger partial charge in [-0.05, 0) is 41.5 Å². The number of methoxy groups -OCH3 is 2. The van der Waals surface area contributed by atoms with Crippen molar-refractivity contribution in [3.63, 3.8) is 0 Å². The normalized spacial score (nSPS) is 21.8. The molecule has 1 fully saturated rings. The van der Waals surface area contributed by atoms with Crippen LogP contribution in [0.25, 0.3) is 12.2 Å². The molecule has 0 aromatic heterocycles. The Hall–Kier alpha value is -3.29. The molecule has 7 nitrogen and oxygen atoms in total. The summed E-state index contributed by atoms with van der Waals surface area (Å²) in [5.41, 5.74) is 1.88. The predicted octanol–water partition coefficient (Wildman–Crippen LogP) is 3.37. The van der Waals surface area contributed by atoms with E-state index in [4.69, 9.17) is 24.1 Å². The van der Waals surface area contributed by atoms with Gasteiger partial charge in [0.25, 0.3) is 0 Å². The van der Waals surface area contributed by atoms with Crippen LogP contribution in [0.15, 0.2) is 54.8 Å². The number of ether oxygens (including phenoxy) is 4. The molecule has 1 saturated heterocycles. The zero-order valence-corrected chi connectivity index (χ0v) is 16.7. The maximum Gasteiger partial charge on any atom is 0.207 e. The summed E-state index contributed by atoms with van der Waals surface area (Å²) in [5, 5.41) is 18.7. The first-order valence-corrected chi connectivity index (χ1v) is 9.37. The van der Waals surface area contributed by atoms with Gasteiger partial charge in [-0.15, -0.1) is 0 Å². The third-order valence-corrected chi connectivity index (χ3v) is 4.58. The van der Waals surface area contributed by atoms with Gasteiger partial charge in [-0.25, -0.2) is 0 Å². The number of hydrogen-bond acceptors (Lipinski definition) is 7. The molecule has 0 aliphatic carbocycles. The highest BCUT2D eigenvalue weighted by atomic mass is 16.7. The Morgan fingerprint density at radius 2 is 1.60 bits per heavy atom. The van der Waals surface area contributed by atoms with E-state index in [0.29, 0.717) is 17.2 Å². The van der Waals surface area contributed by atoms with Crippen LogP contribution in [0.5, 0.6) is 17.2 Å². The summed E-state index contributed by atoms with van der Waals surface area (Å²) < 4.78 is 21.8. The van der Waals surface area contributed by atoms with Gasteiger partial charge in [-0.1, -0.05) is 24.3 Å². The highest BCUT2D eigenvalue weighted by Crippen LogP contribution is 2.25. The summed E-state index contributed by atoms with van der Waals surface area (Å²) in [6, 6.07) is 12.9. The number of hydrogen-bond donors (Lipinski definition) is 2. The molecule has 0 radical (unpaired) electrons. The Bertz CT molecular complexity index is 895. The summed E-state index contributed by atoms with van der Waals surface area (Å²) in [5.74, 6) is 1.54. The van der Waals surface area contributed by atoms with Crippen molar-refractivity contribution in [3.05, 3.63) is 65.9 Å². The lowest BCUT2D eigenvalue weighted by Crippen LogP contribution is -2.46. The van der Waals surface area contributed by atoms with E-state index in [9.17, 15) is 9.90 Å². The molecular formula is C23H24O7. The smallest absolute Gasteiger partial charge is 0.207 e. The Labute approximate surface area is 174 Å². The standard InChI is InChI=1S/C23H24O7/c1-27-18-11-16(12-19(13-18)28-2)4-3-15-5-7-17(8-6-15)29-22-14-20(25)23(26)21(30-22)9-10-24/h3-13,21-24,26H,14H2,1-2H3/b4-3+,10-9?/t21?,22?,23-/m0/s1. The van der Waals surface area contributed by atoms with Gasteiger partial charge in [0.2, 0.25) is 6.29 Å². The molecule has 2 aromatic carbocycles. The number of carbonyl (C=O) groups excluding carboxylic acids is 1. The van der Waals surface area contributed by atoms with Crippen LogP contribution in [0.3, 0.4) is 0 Å². The quantitative estimate of drug-likeness (QED) is 0.532. The van der Waals surface area contributed by atoms with E-state index >= 15 is 0 Å². The van der Waals surface area contributed by atoms with Crippen molar-refractivity contribution in [2.75, 3.05) is 14.2 Å². The molecular weight excluding hydrogens is 388 g/mol. The molecule has 7 heteroatoms. The number of benzene rings is 2. The molecule has 2 unspecified atom stereocenters. The molecule has 0 saturated carbocycles. The van der Waals surface area contributed by atoms with Crippen LogP contribution in [-0.2, 0) is 9.53 Å². The second-order valence-corrected chi connectivity index (χ2v) is 6.65. The van der Waals surface area contributed by atoms with Gasteiger partial charge in [0.05, 0.1) is 26.9 Å². The van der Waals surface area contributed by atoms with Crippen LogP contribution in [-0.4, -0.2) is 48.7 Å². The topological polar surface area (TPSA) is 94.5 Å². The average Bonchev–Trinajstić information content (AvgIpc) is 2.76. The van der Waals surface area contributed by atoms with Crippen LogP contribution in [0, 0.1) is 0 Å². The van der Waals surface area contributed by atoms with E-state index in [1.54, 1.807) is 32.4 Å². The van der Waals surface area contributed by atoms with Gasteiger partial charge in [-0.3, -0.25) is 4.79 Å². The van der Waals surface area contributed by atoms with Gasteiger partial charge >= 0.3 is 0 Å². The Morgan fingerprint density at radius 1 is 0.967 bits per heavy atom. The molecule has 0 amide bonds. The molecule has 1 heterocycles. The minimum absolute atomic E-state index is 0.0732. The van der Waals surface area contributed by atoms with E-state index in [1.807, 2.05) is 36.4 Å². The van der Waals surface area contributed by atoms with Crippen molar-refractivity contribution in [1.29, 1.82) is 0 Å². The zero-order valence-electron chi connectivity index (χ0n) is 16.7. The highest BCUT2D eigenvalue weighted by molar-refractivity contribution is 5.84. The van der Waals surface area contributed by atoms with Crippen LogP contribution < -0.4 is 14.2 Å². The summed E-state index contributed by atoms with van der Waals surface area (Å²) in [6.07, 6.45) is 2.67. The third-order valence-electron chi connectivity index (χ3n) is 4.58. The second kappa shape index (κ2) is 9.96. The molecule has 3 atom stereocenters. The number of carbonyl (C=O) groups is 1. The van der Waals surface area contributed by atoms with Crippen LogP contribution in [0.4, 0.5) is 0 Å². The molecule has 2 aromatic rings. The maximum atomic E-state index is 11.9. The van der Waals surface area contributed by atoms with Gasteiger partial charge in [-0.2, -0.15) is 0 Å². The van der Waals surface area contributed by atoms with E-state index in [-0.39, 0.29) is 6.42 Å². The Kier molecular flexibility index (Phi) is 7.11. The number of aliphatic hydroxyl groups excluding tert-OH is 2. The molecule has 0 bridgehead atoms. The van der Waals surface area contributed by atoms with E-state index < -0.39 is 24.3 Å². The first-order chi connectivity index (χ1) is 14.5. The number of rotatable bonds is 7. The fraction of sp³-hybridized carbons (Fsp3) is 0.261. The van der Waals surface area contributed by atoms with Crippen molar-refractivity contribution in [3.8, 4) is 17.2 Å². The third kappa shape index (κ3) is 5.40. The number of ketones is 1. The van der Waals surface area contributed by atoms with Crippen molar-refractivity contribution in [1.82, 2.24) is 0 Å². The first kappa shape index (κ1) is 21.4. The first-order valence-electron chi connectivity index (χ1n) is 9.37. The molecule has 30 heavy (non-hydrogen) atoms. The largest absolute Gasteiger partial charge is 0.516 e. The molecule has 3 rings (SSSR count). The van der Waals surface area contributed by atoms with E-state index in [2.05, 4.69) is 0 Å². The van der Waals surface area contributed by atoms with Crippen molar-refractivity contribution in [2.45, 2.75) is 24.9 Å². The van der Waals surface area contributed by atoms with Crippen molar-refractivity contribution >= 4 is 17.9 Å². The fourth-order valence-electron chi connectivity index (χ4n) is 3.00. The summed E-state index contributed by atoms with van der Waals surface area (Å²) in [6.45, 7) is 0. The van der Waals surface area contributed by atoms with Crippen molar-refractivity contribution < 1.29 is 34.0 Å². The minimum Gasteiger partial charge on any atom is -0.516 e. The lowest BCUT2D eigenvalue weighted by molar-refractivity contribution is -0.180. The monoisotopic (exact) mass is 412 g/mol. The van der Waals surface area contributed by atoms with Gasteiger partial charge in [0.15, 0.2) is 5.78 Å². The van der Waals surface area contributed by atoms with E-state index in [1.165, 1.54) is 6.08 Å². The molecule has 0 spiro atoms. The Morgan fingerprint density at radius 3 is 2.20 bits per heavy atom. The lowest BCUT2D eigenvalue weighted by atomic mass is 10.0. The van der Waals surface area contributed by atoms with E-state index in [0.717, 1.165) is 17.4 Å². The van der Waals surface area contributed by atoms with Gasteiger partial charge in [0, 0.05) is 6.07 Å². The van der Waals surface area contributed by atoms with Crippen LogP contribution in [0.2, 0.25) is 0 Å². The minimum atomic E-state index is -1.31. The number of aliphatic hydroxyl groups is 2. The maximum absolute atomic E-state index is 11.9. The van der Waals surface area contributed by atoms with Gasteiger partial charge in [0.1, 0.15) is 29.5 Å². The molecule has 1 aliphatic heterocycles. The second-order valence-electron chi connectivity index (χ2n) is 6.65. The SMILES string of the molecule is COc1cc(/C=C/c2ccc(OC3CC(=O)[C@H](O)C(C=CO)O3)cc2)cc(OC)c1. The lowest BCUT2D eigenvalue weighted by Gasteiger charge is -2.31. The summed E-state index contributed by atoms with van der Waals surface area (Å²) in [4.78, 5) is 11.9. The molecule has 158 valence electrons. The van der Waals surface area contributed by atoms with Gasteiger partial charge < -0.3 is 29.2 Å². The highest BCUT2D eigenvalue weighted by Gasteiger charge is 2.36. The fourth-order valence-corrected chi connectivity index (χ4v) is 3.00. The Balaban J connectivity index is 1.65. The summed E-state index contributed by atoms with van der Waals surface area (Å²) in [7, 11) is 3.21. The molecule has 1 aliphatic rings. The predicted molar refractivity (Wildman–Crippen MR) is 112 cm³/mol. The van der Waals surface area contributed by atoms with Crippen LogP contribution in [0.1, 0.15) is 17.5 Å². The molecule has 2 N–H and O–H groups in total. The van der Waals surface area contributed by atoms with Crippen LogP contribution >= 0.6 is 0 Å².